The zero-order valence-electron chi connectivity index (χ0n) is 15.2. The van der Waals surface area contributed by atoms with E-state index in [1.165, 1.54) is 0 Å². The molecule has 3 aromatic rings. The van der Waals surface area contributed by atoms with Gasteiger partial charge in [0.15, 0.2) is 0 Å². The van der Waals surface area contributed by atoms with Crippen molar-refractivity contribution in [3.63, 3.8) is 0 Å². The van der Waals surface area contributed by atoms with Crippen LogP contribution in [0.5, 0.6) is 0 Å². The summed E-state index contributed by atoms with van der Waals surface area (Å²) in [7, 11) is 0. The molecule has 0 unspecified atom stereocenters. The molecule has 27 heavy (non-hydrogen) atoms. The molecule has 0 aliphatic heterocycles. The number of nitrogens with zero attached hydrogens (tertiary/aromatic N) is 5. The lowest BCUT2D eigenvalue weighted by Gasteiger charge is -2.22. The largest absolute Gasteiger partial charge is 0.333 e. The lowest BCUT2D eigenvalue weighted by molar-refractivity contribution is 0.100. The minimum absolute atomic E-state index is 0.345. The van der Waals surface area contributed by atoms with E-state index in [-0.39, 0.29) is 5.91 Å². The van der Waals surface area contributed by atoms with E-state index in [9.17, 15) is 4.79 Å². The lowest BCUT2D eigenvalue weighted by atomic mass is 10.1. The van der Waals surface area contributed by atoms with Crippen LogP contribution < -0.4 is 0 Å². The van der Waals surface area contributed by atoms with Crippen molar-refractivity contribution in [1.82, 2.24) is 19.9 Å². The topological polar surface area (TPSA) is 63.4 Å². The minimum Gasteiger partial charge on any atom is -0.333 e. The molecule has 0 N–H and O–H groups in total. The predicted octanol–water partition coefficient (Wildman–Crippen LogP) is 3.46. The molecule has 0 radical (unpaired) electrons. The van der Waals surface area contributed by atoms with Crippen molar-refractivity contribution in [3.8, 4) is 0 Å². The first-order valence-electron chi connectivity index (χ1n) is 8.61. The quantitative estimate of drug-likeness (QED) is 0.398. The molecule has 0 fully saturated rings. The van der Waals surface area contributed by atoms with Gasteiger partial charge in [-0.3, -0.25) is 4.79 Å². The summed E-state index contributed by atoms with van der Waals surface area (Å²) >= 11 is 0. The molecule has 0 spiro atoms. The van der Waals surface area contributed by atoms with Crippen molar-refractivity contribution < 1.29 is 4.79 Å². The van der Waals surface area contributed by atoms with Crippen LogP contribution >= 0.6 is 0 Å². The molecule has 136 valence electrons. The molecule has 0 saturated carbocycles. The van der Waals surface area contributed by atoms with Gasteiger partial charge in [0.1, 0.15) is 5.52 Å². The van der Waals surface area contributed by atoms with Gasteiger partial charge in [0.25, 0.3) is 5.91 Å². The van der Waals surface area contributed by atoms with Gasteiger partial charge in [-0.2, -0.15) is 9.67 Å². The maximum Gasteiger partial charge on any atom is 0.280 e. The van der Waals surface area contributed by atoms with Gasteiger partial charge in [0.05, 0.1) is 5.52 Å². The summed E-state index contributed by atoms with van der Waals surface area (Å²) in [4.78, 5) is 19.0. The number of benzene rings is 2. The van der Waals surface area contributed by atoms with Gasteiger partial charge < -0.3 is 4.90 Å². The molecule has 0 atom stereocenters. The summed E-state index contributed by atoms with van der Waals surface area (Å²) in [5, 5.41) is 8.39. The van der Waals surface area contributed by atoms with E-state index in [1.54, 1.807) is 29.0 Å². The number of aliphatic imine (C=N–C) groups is 1. The summed E-state index contributed by atoms with van der Waals surface area (Å²) in [5.74, 6) is 0.0387. The summed E-state index contributed by atoms with van der Waals surface area (Å²) in [5.41, 5.74) is 3.09. The lowest BCUT2D eigenvalue weighted by Crippen LogP contribution is -2.37. The Morgan fingerprint density at radius 2 is 1.78 bits per heavy atom. The second-order valence-corrected chi connectivity index (χ2v) is 6.06. The summed E-state index contributed by atoms with van der Waals surface area (Å²) in [6, 6.07) is 14.9. The molecule has 2 aromatic carbocycles. The zero-order valence-corrected chi connectivity index (χ0v) is 15.2. The van der Waals surface area contributed by atoms with Gasteiger partial charge in [-0.05, 0) is 31.2 Å². The molecule has 0 saturated heterocycles. The van der Waals surface area contributed by atoms with Crippen LogP contribution in [0.15, 0.2) is 78.8 Å². The highest BCUT2D eigenvalue weighted by Gasteiger charge is 2.18. The zero-order chi connectivity index (χ0) is 19.2. The molecule has 6 nitrogen and oxygen atoms in total. The standard InChI is InChI=1S/C21H21N5O/c1-4-14-25(15-5-2)21(22-20(27)17-12-10-16(3)11-13-17)26-19-9-7-6-8-18(19)23-24-26/h4-13H,1-2,14-15H2,3H3. The molecule has 0 aliphatic carbocycles. The maximum atomic E-state index is 12.8. The number of amides is 1. The molecular formula is C21H21N5O. The summed E-state index contributed by atoms with van der Waals surface area (Å²) < 4.78 is 1.58. The van der Waals surface area contributed by atoms with E-state index in [0.717, 1.165) is 16.6 Å². The Balaban J connectivity index is 2.11. The Kier molecular flexibility index (Phi) is 5.56. The summed E-state index contributed by atoms with van der Waals surface area (Å²) in [6.45, 7) is 10.5. The molecule has 3 rings (SSSR count). The van der Waals surface area contributed by atoms with Crippen molar-refractivity contribution in [2.45, 2.75) is 6.92 Å². The highest BCUT2D eigenvalue weighted by molar-refractivity contribution is 6.04. The monoisotopic (exact) mass is 359 g/mol. The molecule has 0 bridgehead atoms. The van der Waals surface area contributed by atoms with Gasteiger partial charge in [-0.1, -0.05) is 47.2 Å². The van der Waals surface area contributed by atoms with E-state index < -0.39 is 0 Å². The predicted molar refractivity (Wildman–Crippen MR) is 108 cm³/mol. The average Bonchev–Trinajstić information content (AvgIpc) is 3.10. The minimum atomic E-state index is -0.345. The average molecular weight is 359 g/mol. The highest BCUT2D eigenvalue weighted by Crippen LogP contribution is 2.13. The first kappa shape index (κ1) is 18.3. The van der Waals surface area contributed by atoms with Crippen LogP contribution in [0.4, 0.5) is 0 Å². The fourth-order valence-corrected chi connectivity index (χ4v) is 2.67. The Morgan fingerprint density at radius 3 is 2.44 bits per heavy atom. The number of carbonyl (C=O) groups is 1. The van der Waals surface area contributed by atoms with E-state index in [2.05, 4.69) is 28.5 Å². The Labute approximate surface area is 158 Å². The maximum absolute atomic E-state index is 12.8. The number of hydrogen-bond donors (Lipinski definition) is 0. The second kappa shape index (κ2) is 8.23. The summed E-state index contributed by atoms with van der Waals surface area (Å²) in [6.07, 6.45) is 3.49. The molecule has 1 aromatic heterocycles. The third-order valence-corrected chi connectivity index (χ3v) is 4.02. The first-order chi connectivity index (χ1) is 13.1. The van der Waals surface area contributed by atoms with Crippen LogP contribution in [0.3, 0.4) is 0 Å². The van der Waals surface area contributed by atoms with Gasteiger partial charge in [-0.25, -0.2) is 0 Å². The second-order valence-electron chi connectivity index (χ2n) is 6.06. The van der Waals surface area contributed by atoms with Gasteiger partial charge in [-0.15, -0.1) is 18.3 Å². The molecule has 1 heterocycles. The number of para-hydroxylation sites is 1. The third kappa shape index (κ3) is 4.00. The number of aromatic nitrogens is 3. The van der Waals surface area contributed by atoms with Gasteiger partial charge in [0.2, 0.25) is 5.96 Å². The SMILES string of the molecule is C=CCN(CC=C)C(=NC(=O)c1ccc(C)cc1)n1nnc2ccccc21. The van der Waals surface area contributed by atoms with Crippen LogP contribution in [0.25, 0.3) is 11.0 Å². The Hall–Kier alpha value is -3.54. The van der Waals surface area contributed by atoms with Crippen LogP contribution in [0.1, 0.15) is 15.9 Å². The highest BCUT2D eigenvalue weighted by atomic mass is 16.1. The van der Waals surface area contributed by atoms with Crippen molar-refractivity contribution >= 4 is 22.9 Å². The van der Waals surface area contributed by atoms with Crippen LogP contribution in [0.2, 0.25) is 0 Å². The molecule has 1 amide bonds. The van der Waals surface area contributed by atoms with E-state index in [1.807, 2.05) is 48.2 Å². The fraction of sp³-hybridized carbons (Fsp3) is 0.143. The molecular weight excluding hydrogens is 338 g/mol. The Morgan fingerprint density at radius 1 is 1.11 bits per heavy atom. The van der Waals surface area contributed by atoms with Gasteiger partial charge in [0, 0.05) is 18.7 Å². The number of rotatable bonds is 5. The van der Waals surface area contributed by atoms with Gasteiger partial charge >= 0.3 is 0 Å². The molecule has 0 aliphatic rings. The first-order valence-corrected chi connectivity index (χ1v) is 8.61. The van der Waals surface area contributed by atoms with Crippen LogP contribution in [-0.4, -0.2) is 44.9 Å². The van der Waals surface area contributed by atoms with Crippen molar-refractivity contribution in [3.05, 3.63) is 85.0 Å². The van der Waals surface area contributed by atoms with E-state index in [4.69, 9.17) is 0 Å². The van der Waals surface area contributed by atoms with Crippen molar-refractivity contribution in [2.24, 2.45) is 4.99 Å². The van der Waals surface area contributed by atoms with E-state index in [0.29, 0.717) is 24.6 Å². The fourth-order valence-electron chi connectivity index (χ4n) is 2.67. The Bertz CT molecular complexity index is 991. The number of fused-ring (bicyclic) bond motifs is 1. The van der Waals surface area contributed by atoms with Crippen LogP contribution in [-0.2, 0) is 0 Å². The van der Waals surface area contributed by atoms with Crippen LogP contribution in [0, 0.1) is 6.92 Å². The van der Waals surface area contributed by atoms with Crippen molar-refractivity contribution in [1.29, 1.82) is 0 Å². The number of hydrogen-bond acceptors (Lipinski definition) is 3. The smallest absolute Gasteiger partial charge is 0.280 e. The third-order valence-electron chi connectivity index (χ3n) is 4.02. The van der Waals surface area contributed by atoms with E-state index >= 15 is 0 Å². The molecule has 6 heteroatoms. The number of carbonyl (C=O) groups excluding carboxylic acids is 1. The number of aryl methyl sites for hydroxylation is 1. The normalized spacial score (nSPS) is 11.4. The van der Waals surface area contributed by atoms with Crippen molar-refractivity contribution in [2.75, 3.05) is 13.1 Å².